The van der Waals surface area contributed by atoms with Crippen molar-refractivity contribution < 1.29 is 30.8 Å². The number of carbonyl (C=O) groups excluding carboxylic acids is 1. The van der Waals surface area contributed by atoms with Crippen molar-refractivity contribution in [1.29, 1.82) is 0 Å². The molecule has 6 nitrogen and oxygen atoms in total. The molecule has 2 fully saturated rings. The van der Waals surface area contributed by atoms with Crippen LogP contribution < -0.4 is 4.90 Å². The topological polar surface area (TPSA) is 70.6 Å². The molecule has 1 aromatic heterocycles. The number of pyridine rings is 1. The van der Waals surface area contributed by atoms with Crippen LogP contribution in [0.25, 0.3) is 0 Å². The number of anilines is 1. The molecule has 2 aromatic rings. The summed E-state index contributed by atoms with van der Waals surface area (Å²) in [6, 6.07) is 6.18. The fraction of sp³-hybridized carbons (Fsp3) is 0.478. The van der Waals surface area contributed by atoms with E-state index in [0.717, 1.165) is 24.6 Å². The zero-order valence-electron chi connectivity index (χ0n) is 18.6. The SMILES string of the molecule is CS(=O)(=O)c1ccc(C[C@H]2CCN(C3CCN(c4ccc(C(F)(F)F)cn4)CC3)C2=O)c(F)c1. The van der Waals surface area contributed by atoms with Gasteiger partial charge in [-0.3, -0.25) is 4.79 Å². The first-order chi connectivity index (χ1) is 15.9. The van der Waals surface area contributed by atoms with E-state index in [-0.39, 0.29) is 29.2 Å². The van der Waals surface area contributed by atoms with E-state index in [4.69, 9.17) is 0 Å². The molecule has 34 heavy (non-hydrogen) atoms. The van der Waals surface area contributed by atoms with Crippen LogP contribution in [0, 0.1) is 11.7 Å². The highest BCUT2D eigenvalue weighted by atomic mass is 32.2. The number of carbonyl (C=O) groups is 1. The molecule has 0 N–H and O–H groups in total. The predicted molar refractivity (Wildman–Crippen MR) is 118 cm³/mol. The number of benzene rings is 1. The lowest BCUT2D eigenvalue weighted by molar-refractivity contribution is -0.137. The molecule has 184 valence electrons. The third-order valence-corrected chi connectivity index (χ3v) is 7.68. The first-order valence-corrected chi connectivity index (χ1v) is 12.9. The molecule has 2 saturated heterocycles. The molecule has 0 unspecified atom stereocenters. The summed E-state index contributed by atoms with van der Waals surface area (Å²) in [4.78, 5) is 20.6. The van der Waals surface area contributed by atoms with Gasteiger partial charge in [-0.1, -0.05) is 6.07 Å². The van der Waals surface area contributed by atoms with Crippen LogP contribution >= 0.6 is 0 Å². The summed E-state index contributed by atoms with van der Waals surface area (Å²) in [7, 11) is -3.51. The lowest BCUT2D eigenvalue weighted by Crippen LogP contribution is -2.46. The maximum Gasteiger partial charge on any atom is 0.417 e. The van der Waals surface area contributed by atoms with E-state index in [1.165, 1.54) is 18.2 Å². The van der Waals surface area contributed by atoms with Gasteiger partial charge in [0.1, 0.15) is 11.6 Å². The van der Waals surface area contributed by atoms with Crippen molar-refractivity contribution in [1.82, 2.24) is 9.88 Å². The van der Waals surface area contributed by atoms with Crippen LogP contribution in [0.4, 0.5) is 23.4 Å². The van der Waals surface area contributed by atoms with Gasteiger partial charge < -0.3 is 9.80 Å². The number of aromatic nitrogens is 1. The largest absolute Gasteiger partial charge is 0.417 e. The van der Waals surface area contributed by atoms with Gasteiger partial charge in [-0.15, -0.1) is 0 Å². The summed E-state index contributed by atoms with van der Waals surface area (Å²) in [6.45, 7) is 1.70. The monoisotopic (exact) mass is 499 g/mol. The number of hydrogen-bond donors (Lipinski definition) is 0. The Bertz CT molecular complexity index is 1160. The standard InChI is InChI=1S/C23H25F4N3O3S/c1-34(32,33)19-4-2-15(20(24)13-19)12-16-6-11-30(22(16)31)18-7-9-29(10-8-18)21-5-3-17(14-28-21)23(25,26)27/h2-5,13-14,16,18H,6-12H2,1H3/t16-/m1/s1. The van der Waals surface area contributed by atoms with E-state index in [1.807, 2.05) is 9.80 Å². The fourth-order valence-electron chi connectivity index (χ4n) is 4.65. The van der Waals surface area contributed by atoms with Gasteiger partial charge in [0, 0.05) is 44.0 Å². The second kappa shape index (κ2) is 9.16. The third-order valence-electron chi connectivity index (χ3n) is 6.57. The Labute approximate surface area is 195 Å². The van der Waals surface area contributed by atoms with Gasteiger partial charge in [0.05, 0.1) is 10.5 Å². The number of alkyl halides is 3. The number of sulfone groups is 1. The highest BCUT2D eigenvalue weighted by Crippen LogP contribution is 2.32. The van der Waals surface area contributed by atoms with Crippen molar-refractivity contribution in [3.63, 3.8) is 0 Å². The van der Waals surface area contributed by atoms with Gasteiger partial charge in [-0.25, -0.2) is 17.8 Å². The molecular formula is C23H25F4N3O3S. The number of nitrogens with zero attached hydrogens (tertiary/aromatic N) is 3. The van der Waals surface area contributed by atoms with Crippen LogP contribution in [0.1, 0.15) is 30.4 Å². The lowest BCUT2D eigenvalue weighted by atomic mass is 9.97. The molecule has 0 radical (unpaired) electrons. The molecule has 3 heterocycles. The summed E-state index contributed by atoms with van der Waals surface area (Å²) < 4.78 is 75.9. The van der Waals surface area contributed by atoms with Crippen LogP contribution in [0.3, 0.4) is 0 Å². The van der Waals surface area contributed by atoms with E-state index in [9.17, 15) is 30.8 Å². The number of amides is 1. The Balaban J connectivity index is 1.34. The molecule has 1 amide bonds. The highest BCUT2D eigenvalue weighted by molar-refractivity contribution is 7.90. The maximum atomic E-state index is 14.4. The third kappa shape index (κ3) is 5.18. The van der Waals surface area contributed by atoms with Crippen molar-refractivity contribution in [3.8, 4) is 0 Å². The number of rotatable bonds is 5. The summed E-state index contributed by atoms with van der Waals surface area (Å²) >= 11 is 0. The van der Waals surface area contributed by atoms with E-state index in [2.05, 4.69) is 4.98 Å². The van der Waals surface area contributed by atoms with E-state index in [0.29, 0.717) is 50.3 Å². The number of likely N-dealkylation sites (tertiary alicyclic amines) is 1. The zero-order chi connectivity index (χ0) is 24.7. The van der Waals surface area contributed by atoms with Crippen molar-refractivity contribution in [2.24, 2.45) is 5.92 Å². The quantitative estimate of drug-likeness (QED) is 0.587. The average molecular weight is 500 g/mol. The fourth-order valence-corrected chi connectivity index (χ4v) is 5.28. The summed E-state index contributed by atoms with van der Waals surface area (Å²) in [5.41, 5.74) is -0.474. The molecule has 2 aliphatic rings. The molecule has 0 spiro atoms. The highest BCUT2D eigenvalue weighted by Gasteiger charge is 2.38. The first-order valence-electron chi connectivity index (χ1n) is 11.0. The Morgan fingerprint density at radius 2 is 1.76 bits per heavy atom. The van der Waals surface area contributed by atoms with Crippen molar-refractivity contribution >= 4 is 21.6 Å². The van der Waals surface area contributed by atoms with Crippen LogP contribution in [-0.4, -0.2) is 56.1 Å². The Morgan fingerprint density at radius 1 is 1.06 bits per heavy atom. The Kier molecular flexibility index (Phi) is 6.58. The van der Waals surface area contributed by atoms with Crippen LogP contribution in [0.2, 0.25) is 0 Å². The van der Waals surface area contributed by atoms with Gasteiger partial charge in [0.25, 0.3) is 0 Å². The Morgan fingerprint density at radius 3 is 2.32 bits per heavy atom. The molecule has 1 aromatic carbocycles. The minimum atomic E-state index is -4.43. The molecule has 1 atom stereocenters. The molecule has 0 bridgehead atoms. The molecule has 0 aliphatic carbocycles. The molecule has 11 heteroatoms. The number of hydrogen-bond acceptors (Lipinski definition) is 5. The number of halogens is 4. The van der Waals surface area contributed by atoms with Crippen LogP contribution in [0.5, 0.6) is 0 Å². The zero-order valence-corrected chi connectivity index (χ0v) is 19.4. The van der Waals surface area contributed by atoms with Gasteiger partial charge in [0.15, 0.2) is 9.84 Å². The van der Waals surface area contributed by atoms with Crippen molar-refractivity contribution in [2.75, 3.05) is 30.8 Å². The predicted octanol–water partition coefficient (Wildman–Crippen LogP) is 3.70. The minimum absolute atomic E-state index is 0.0145. The second-order valence-corrected chi connectivity index (χ2v) is 10.9. The van der Waals surface area contributed by atoms with Gasteiger partial charge in [-0.05, 0) is 55.5 Å². The van der Waals surface area contributed by atoms with E-state index < -0.39 is 27.4 Å². The molecular weight excluding hydrogens is 474 g/mol. The minimum Gasteiger partial charge on any atom is -0.356 e. The van der Waals surface area contributed by atoms with Crippen LogP contribution in [0.15, 0.2) is 41.4 Å². The maximum absolute atomic E-state index is 14.4. The number of piperidine rings is 1. The molecule has 2 aliphatic heterocycles. The van der Waals surface area contributed by atoms with E-state index >= 15 is 0 Å². The normalized spacial score (nSPS) is 20.3. The second-order valence-electron chi connectivity index (χ2n) is 8.87. The molecule has 4 rings (SSSR count). The van der Waals surface area contributed by atoms with Crippen molar-refractivity contribution in [2.45, 2.75) is 42.8 Å². The van der Waals surface area contributed by atoms with Gasteiger partial charge >= 0.3 is 6.18 Å². The lowest BCUT2D eigenvalue weighted by Gasteiger charge is -2.37. The van der Waals surface area contributed by atoms with Crippen molar-refractivity contribution in [3.05, 3.63) is 53.5 Å². The summed E-state index contributed by atoms with van der Waals surface area (Å²) in [5.74, 6) is -0.567. The first kappa shape index (κ1) is 24.4. The van der Waals surface area contributed by atoms with E-state index in [1.54, 1.807) is 0 Å². The van der Waals surface area contributed by atoms with Gasteiger partial charge in [-0.2, -0.15) is 13.2 Å². The summed E-state index contributed by atoms with van der Waals surface area (Å²) in [5, 5.41) is 0. The van der Waals surface area contributed by atoms with Crippen LogP contribution in [-0.2, 0) is 27.2 Å². The Hall–Kier alpha value is -2.69. The van der Waals surface area contributed by atoms with Gasteiger partial charge in [0.2, 0.25) is 5.91 Å². The smallest absolute Gasteiger partial charge is 0.356 e. The molecule has 0 saturated carbocycles. The average Bonchev–Trinajstić information content (AvgIpc) is 3.14. The summed E-state index contributed by atoms with van der Waals surface area (Å²) in [6.07, 6.45) is -0.455.